The van der Waals surface area contributed by atoms with Crippen molar-refractivity contribution in [1.29, 1.82) is 0 Å². The molecule has 2 rings (SSSR count). The highest BCUT2D eigenvalue weighted by Gasteiger charge is 2.09. The number of nitrogens with zero attached hydrogens (tertiary/aromatic N) is 5. The summed E-state index contributed by atoms with van der Waals surface area (Å²) < 4.78 is 33.8. The first-order valence-electron chi connectivity index (χ1n) is 6.35. The van der Waals surface area contributed by atoms with Crippen LogP contribution in [0.25, 0.3) is 0 Å². The van der Waals surface area contributed by atoms with Crippen molar-refractivity contribution in [2.75, 3.05) is 6.26 Å². The maximum absolute atomic E-state index is 11.0. The van der Waals surface area contributed by atoms with Crippen LogP contribution in [0.2, 0.25) is 0 Å². The largest absolute Gasteiger partial charge is 0.392 e. The van der Waals surface area contributed by atoms with Gasteiger partial charge in [0.25, 0.3) is 10.1 Å². The van der Waals surface area contributed by atoms with Crippen molar-refractivity contribution >= 4 is 27.8 Å². The molecular formula is C12H15N5O4S2. The Bertz CT molecular complexity index is 852. The number of hydrogen-bond donors (Lipinski definition) is 2. The highest BCUT2D eigenvalue weighted by atomic mass is 32.2. The van der Waals surface area contributed by atoms with Gasteiger partial charge < -0.3 is 5.11 Å². The molecule has 23 heavy (non-hydrogen) atoms. The molecule has 0 radical (unpaired) electrons. The summed E-state index contributed by atoms with van der Waals surface area (Å²) in [5.41, 5.74) is 1.50. The van der Waals surface area contributed by atoms with Gasteiger partial charge in [0.2, 0.25) is 5.62 Å². The number of aromatic nitrogens is 2. The minimum Gasteiger partial charge on any atom is -0.392 e. The molecule has 124 valence electrons. The van der Waals surface area contributed by atoms with Crippen LogP contribution in [0.5, 0.6) is 0 Å². The van der Waals surface area contributed by atoms with Crippen LogP contribution < -0.4 is 5.62 Å². The molecule has 11 heteroatoms. The van der Waals surface area contributed by atoms with Gasteiger partial charge >= 0.3 is 0 Å². The van der Waals surface area contributed by atoms with Crippen molar-refractivity contribution in [1.82, 2.24) is 8.54 Å². The Morgan fingerprint density at radius 3 is 2.48 bits per heavy atom. The molecule has 1 heterocycles. The van der Waals surface area contributed by atoms with E-state index >= 15 is 0 Å². The van der Waals surface area contributed by atoms with Crippen LogP contribution in [-0.4, -0.2) is 32.9 Å². The molecule has 0 amide bonds. The molecule has 1 aromatic carbocycles. The minimum atomic E-state index is -4.20. The fourth-order valence-corrected chi connectivity index (χ4v) is 2.74. The zero-order valence-corrected chi connectivity index (χ0v) is 13.8. The third kappa shape index (κ3) is 5.03. The molecule has 0 aliphatic rings. The third-order valence-corrected chi connectivity index (χ3v) is 4.03. The lowest BCUT2D eigenvalue weighted by molar-refractivity contribution is 0.282. The SMILES string of the molecule is CSn1ccn(CS(=O)(=O)O)/c1=N/N=Nc1ccc(CO)cc1. The van der Waals surface area contributed by atoms with Crippen molar-refractivity contribution in [2.45, 2.75) is 12.5 Å². The first-order valence-corrected chi connectivity index (χ1v) is 9.14. The predicted octanol–water partition coefficient (Wildman–Crippen LogP) is 1.35. The number of benzene rings is 1. The molecular weight excluding hydrogens is 342 g/mol. The Kier molecular flexibility index (Phi) is 5.71. The van der Waals surface area contributed by atoms with E-state index in [0.29, 0.717) is 5.69 Å². The number of rotatable bonds is 6. The van der Waals surface area contributed by atoms with E-state index in [0.717, 1.165) is 5.56 Å². The quantitative estimate of drug-likeness (QED) is 0.459. The van der Waals surface area contributed by atoms with Gasteiger partial charge in [-0.15, -0.1) is 5.11 Å². The zero-order valence-electron chi connectivity index (χ0n) is 12.1. The Morgan fingerprint density at radius 2 is 1.91 bits per heavy atom. The second kappa shape index (κ2) is 7.55. The molecule has 0 saturated heterocycles. The summed E-state index contributed by atoms with van der Waals surface area (Å²) in [6.45, 7) is -0.0569. The summed E-state index contributed by atoms with van der Waals surface area (Å²) >= 11 is 1.29. The molecule has 0 atom stereocenters. The van der Waals surface area contributed by atoms with E-state index in [1.165, 1.54) is 22.7 Å². The van der Waals surface area contributed by atoms with Crippen LogP contribution in [0.15, 0.2) is 52.1 Å². The lowest BCUT2D eigenvalue weighted by atomic mass is 10.2. The normalized spacial score (nSPS) is 13.1. The van der Waals surface area contributed by atoms with Gasteiger partial charge in [-0.3, -0.25) is 13.1 Å². The smallest absolute Gasteiger partial charge is 0.283 e. The summed E-state index contributed by atoms with van der Waals surface area (Å²) in [5.74, 6) is -0.625. The van der Waals surface area contributed by atoms with Gasteiger partial charge in [0, 0.05) is 18.6 Å². The van der Waals surface area contributed by atoms with Crippen LogP contribution in [-0.2, 0) is 22.6 Å². The maximum atomic E-state index is 11.0. The highest BCUT2D eigenvalue weighted by molar-refractivity contribution is 7.97. The van der Waals surface area contributed by atoms with E-state index in [1.54, 1.807) is 40.7 Å². The van der Waals surface area contributed by atoms with Gasteiger partial charge in [-0.25, -0.2) is 0 Å². The van der Waals surface area contributed by atoms with Gasteiger partial charge in [-0.05, 0) is 34.9 Å². The molecule has 2 aromatic rings. The molecule has 0 bridgehead atoms. The first kappa shape index (κ1) is 17.4. The number of aliphatic hydroxyl groups excluding tert-OH is 1. The topological polar surface area (TPSA) is 122 Å². The van der Waals surface area contributed by atoms with E-state index in [9.17, 15) is 8.42 Å². The molecule has 0 spiro atoms. The molecule has 0 saturated carbocycles. The summed E-state index contributed by atoms with van der Waals surface area (Å²) in [4.78, 5) is 0. The number of aliphatic hydroxyl groups is 1. The number of hydrogen-bond acceptors (Lipinski definition) is 6. The third-order valence-electron chi connectivity index (χ3n) is 2.75. The molecule has 0 fully saturated rings. The molecule has 0 unspecified atom stereocenters. The minimum absolute atomic E-state index is 0.0569. The van der Waals surface area contributed by atoms with E-state index in [4.69, 9.17) is 9.66 Å². The predicted molar refractivity (Wildman–Crippen MR) is 85.3 cm³/mol. The molecule has 9 nitrogen and oxygen atoms in total. The Balaban J connectivity index is 2.30. The first-order chi connectivity index (χ1) is 10.9. The van der Waals surface area contributed by atoms with Crippen LogP contribution in [0.1, 0.15) is 5.56 Å². The standard InChI is InChI=1S/C12H15N5O4S2/c1-22-17-7-6-16(9-23(19,20)21)12(17)14-15-13-11-4-2-10(8-18)3-5-11/h2-7,18H,8-9H2,1H3,(H,19,20,21)/b14-12-,15-13?. The Hall–Kier alpha value is -1.95. The summed E-state index contributed by atoms with van der Waals surface area (Å²) in [5, 5.41) is 20.5. The fourth-order valence-electron chi connectivity index (χ4n) is 1.70. The van der Waals surface area contributed by atoms with E-state index in [1.807, 2.05) is 0 Å². The van der Waals surface area contributed by atoms with Crippen molar-refractivity contribution in [3.05, 3.63) is 47.8 Å². The second-order valence-electron chi connectivity index (χ2n) is 4.40. The average molecular weight is 357 g/mol. The zero-order chi connectivity index (χ0) is 16.9. The van der Waals surface area contributed by atoms with E-state index in [2.05, 4.69) is 15.4 Å². The second-order valence-corrected chi connectivity index (χ2v) is 6.58. The Morgan fingerprint density at radius 1 is 1.22 bits per heavy atom. The lowest BCUT2D eigenvalue weighted by Crippen LogP contribution is -2.25. The van der Waals surface area contributed by atoms with Gasteiger partial charge in [-0.2, -0.15) is 8.42 Å². The van der Waals surface area contributed by atoms with Gasteiger partial charge in [0.15, 0.2) is 5.88 Å². The van der Waals surface area contributed by atoms with E-state index < -0.39 is 16.0 Å². The molecule has 2 N–H and O–H groups in total. The van der Waals surface area contributed by atoms with Crippen molar-refractivity contribution in [3.63, 3.8) is 0 Å². The summed E-state index contributed by atoms with van der Waals surface area (Å²) in [6, 6.07) is 6.75. The van der Waals surface area contributed by atoms with Gasteiger partial charge in [0.05, 0.1) is 12.3 Å². The van der Waals surface area contributed by atoms with Crippen LogP contribution in [0.4, 0.5) is 5.69 Å². The highest BCUT2D eigenvalue weighted by Crippen LogP contribution is 2.13. The van der Waals surface area contributed by atoms with E-state index in [-0.39, 0.29) is 12.2 Å². The van der Waals surface area contributed by atoms with Crippen molar-refractivity contribution in [2.24, 2.45) is 15.4 Å². The number of imidazole rings is 1. The lowest BCUT2D eigenvalue weighted by Gasteiger charge is -2.00. The fraction of sp³-hybridized carbons (Fsp3) is 0.250. The van der Waals surface area contributed by atoms with Crippen LogP contribution in [0, 0.1) is 0 Å². The van der Waals surface area contributed by atoms with Gasteiger partial charge in [-0.1, -0.05) is 17.2 Å². The monoisotopic (exact) mass is 357 g/mol. The molecule has 1 aromatic heterocycles. The van der Waals surface area contributed by atoms with Crippen molar-refractivity contribution < 1.29 is 18.1 Å². The van der Waals surface area contributed by atoms with Gasteiger partial charge in [0.1, 0.15) is 0 Å². The van der Waals surface area contributed by atoms with Crippen LogP contribution in [0.3, 0.4) is 0 Å². The molecule has 0 aliphatic heterocycles. The maximum Gasteiger partial charge on any atom is 0.283 e. The summed E-state index contributed by atoms with van der Waals surface area (Å²) in [6.07, 6.45) is 4.84. The molecule has 0 aliphatic carbocycles. The Labute approximate surface area is 136 Å². The average Bonchev–Trinajstić information content (AvgIpc) is 2.88. The van der Waals surface area contributed by atoms with Crippen molar-refractivity contribution in [3.8, 4) is 0 Å². The van der Waals surface area contributed by atoms with Crippen LogP contribution >= 0.6 is 11.9 Å². The summed E-state index contributed by atoms with van der Waals surface area (Å²) in [7, 11) is -4.20.